The van der Waals surface area contributed by atoms with Crippen molar-refractivity contribution in [2.24, 2.45) is 5.92 Å². The van der Waals surface area contributed by atoms with Crippen LogP contribution in [-0.2, 0) is 4.74 Å². The number of fused-ring (bicyclic) bond motifs is 1. The number of ketones is 1. The smallest absolute Gasteiger partial charge is 0.169 e. The van der Waals surface area contributed by atoms with Gasteiger partial charge in [0.15, 0.2) is 5.78 Å². The molecule has 2 aromatic heterocycles. The van der Waals surface area contributed by atoms with Gasteiger partial charge in [-0.05, 0) is 25.0 Å². The fourth-order valence-corrected chi connectivity index (χ4v) is 3.01. The van der Waals surface area contributed by atoms with Crippen molar-refractivity contribution in [1.29, 1.82) is 0 Å². The molecular weight excluding hydrogens is 292 g/mol. The van der Waals surface area contributed by atoms with E-state index >= 15 is 0 Å². The number of Topliss-reactive ketones (excluding diaryl/α,β-unsaturated/α-hetero) is 1. The minimum atomic E-state index is -0.0286. The zero-order valence-electron chi connectivity index (χ0n) is 13.6. The third-order valence-corrected chi connectivity index (χ3v) is 4.65. The van der Waals surface area contributed by atoms with Gasteiger partial charge >= 0.3 is 0 Å². The van der Waals surface area contributed by atoms with Crippen molar-refractivity contribution < 1.29 is 14.3 Å². The lowest BCUT2D eigenvalue weighted by atomic mass is 10.0. The molecule has 0 aromatic carbocycles. The summed E-state index contributed by atoms with van der Waals surface area (Å²) in [6.07, 6.45) is 5.29. The Morgan fingerprint density at radius 2 is 2.17 bits per heavy atom. The van der Waals surface area contributed by atoms with Crippen LogP contribution in [0.3, 0.4) is 0 Å². The van der Waals surface area contributed by atoms with Crippen LogP contribution in [0.4, 0.5) is 0 Å². The Balaban J connectivity index is 1.70. The summed E-state index contributed by atoms with van der Waals surface area (Å²) in [5.74, 6) is 1.47. The van der Waals surface area contributed by atoms with E-state index in [2.05, 4.69) is 5.10 Å². The summed E-state index contributed by atoms with van der Waals surface area (Å²) < 4.78 is 13.3. The minimum Gasteiger partial charge on any atom is -0.489 e. The molecule has 1 aliphatic carbocycles. The van der Waals surface area contributed by atoms with Crippen molar-refractivity contribution in [1.82, 2.24) is 9.61 Å². The molecule has 0 amide bonds. The van der Waals surface area contributed by atoms with Crippen LogP contribution < -0.4 is 4.74 Å². The molecule has 2 fully saturated rings. The predicted molar refractivity (Wildman–Crippen MR) is 86.2 cm³/mol. The Hall–Kier alpha value is -1.88. The molecule has 0 radical (unpaired) electrons. The Bertz CT molecular complexity index is 742. The van der Waals surface area contributed by atoms with E-state index < -0.39 is 0 Å². The Morgan fingerprint density at radius 3 is 2.78 bits per heavy atom. The van der Waals surface area contributed by atoms with E-state index in [-0.39, 0.29) is 17.8 Å². The van der Waals surface area contributed by atoms with Crippen molar-refractivity contribution in [3.05, 3.63) is 29.6 Å². The van der Waals surface area contributed by atoms with Gasteiger partial charge in [-0.2, -0.15) is 5.10 Å². The predicted octanol–water partition coefficient (Wildman–Crippen LogP) is 3.22. The maximum Gasteiger partial charge on any atom is 0.169 e. The Labute approximate surface area is 135 Å². The average molecular weight is 314 g/mol. The van der Waals surface area contributed by atoms with Crippen molar-refractivity contribution in [2.75, 3.05) is 13.2 Å². The highest BCUT2D eigenvalue weighted by molar-refractivity contribution is 6.03. The number of hydrogen-bond acceptors (Lipinski definition) is 4. The van der Waals surface area contributed by atoms with Crippen LogP contribution in [0.5, 0.6) is 5.75 Å². The van der Waals surface area contributed by atoms with E-state index in [9.17, 15) is 4.79 Å². The largest absolute Gasteiger partial charge is 0.489 e. The zero-order chi connectivity index (χ0) is 16.0. The number of pyridine rings is 1. The normalized spacial score (nSPS) is 20.7. The first-order valence-electron chi connectivity index (χ1n) is 8.44. The molecule has 3 heterocycles. The van der Waals surface area contributed by atoms with Crippen LogP contribution in [0, 0.1) is 5.92 Å². The fourth-order valence-electron chi connectivity index (χ4n) is 3.01. The molecule has 0 spiro atoms. The molecule has 5 nitrogen and oxygen atoms in total. The standard InChI is InChI=1S/C18H22N2O3/c1-11(2)18(21)14-9-19-20-15(14)5-6-16(17(20)12-3-4-12)23-10-13-7-8-22-13/h5-6,9,11-13H,3-4,7-8,10H2,1-2H3. The molecule has 1 aliphatic heterocycles. The summed E-state index contributed by atoms with van der Waals surface area (Å²) in [6.45, 7) is 5.26. The number of aromatic nitrogens is 2. The molecule has 0 bridgehead atoms. The molecule has 5 heteroatoms. The monoisotopic (exact) mass is 314 g/mol. The van der Waals surface area contributed by atoms with Crippen molar-refractivity contribution >= 4 is 11.3 Å². The number of carbonyl (C=O) groups is 1. The minimum absolute atomic E-state index is 0.0286. The lowest BCUT2D eigenvalue weighted by Crippen LogP contribution is -2.32. The van der Waals surface area contributed by atoms with Crippen LogP contribution in [0.15, 0.2) is 18.3 Å². The Kier molecular flexibility index (Phi) is 3.60. The van der Waals surface area contributed by atoms with Gasteiger partial charge in [-0.25, -0.2) is 4.52 Å². The number of carbonyl (C=O) groups excluding carboxylic acids is 1. The van der Waals surface area contributed by atoms with Gasteiger partial charge in [0.2, 0.25) is 0 Å². The highest BCUT2D eigenvalue weighted by Crippen LogP contribution is 2.44. The van der Waals surface area contributed by atoms with Crippen molar-refractivity contribution in [3.63, 3.8) is 0 Å². The van der Waals surface area contributed by atoms with Gasteiger partial charge in [-0.3, -0.25) is 4.79 Å². The first-order chi connectivity index (χ1) is 11.1. The number of ether oxygens (including phenoxy) is 2. The zero-order valence-corrected chi connectivity index (χ0v) is 13.6. The van der Waals surface area contributed by atoms with Crippen LogP contribution in [0.1, 0.15) is 55.1 Å². The van der Waals surface area contributed by atoms with E-state index in [0.717, 1.165) is 42.8 Å². The van der Waals surface area contributed by atoms with E-state index in [0.29, 0.717) is 18.1 Å². The summed E-state index contributed by atoms with van der Waals surface area (Å²) in [4.78, 5) is 12.4. The van der Waals surface area contributed by atoms with E-state index in [1.54, 1.807) is 6.20 Å². The van der Waals surface area contributed by atoms with Crippen LogP contribution in [0.2, 0.25) is 0 Å². The quantitative estimate of drug-likeness (QED) is 0.768. The van der Waals surface area contributed by atoms with Gasteiger partial charge in [0, 0.05) is 24.9 Å². The number of hydrogen-bond donors (Lipinski definition) is 0. The van der Waals surface area contributed by atoms with Gasteiger partial charge in [0.05, 0.1) is 29.1 Å². The van der Waals surface area contributed by atoms with Gasteiger partial charge in [-0.15, -0.1) is 0 Å². The number of rotatable bonds is 6. The van der Waals surface area contributed by atoms with Crippen molar-refractivity contribution in [2.45, 2.75) is 45.1 Å². The highest BCUT2D eigenvalue weighted by atomic mass is 16.5. The maximum absolute atomic E-state index is 12.4. The van der Waals surface area contributed by atoms with Crippen molar-refractivity contribution in [3.8, 4) is 5.75 Å². The number of nitrogens with zero attached hydrogens (tertiary/aromatic N) is 2. The lowest BCUT2D eigenvalue weighted by Gasteiger charge is -2.26. The summed E-state index contributed by atoms with van der Waals surface area (Å²) in [6, 6.07) is 3.94. The summed E-state index contributed by atoms with van der Waals surface area (Å²) in [5.41, 5.74) is 2.69. The fraction of sp³-hybridized carbons (Fsp3) is 0.556. The third-order valence-electron chi connectivity index (χ3n) is 4.65. The molecule has 1 atom stereocenters. The van der Waals surface area contributed by atoms with E-state index in [1.807, 2.05) is 30.5 Å². The molecule has 23 heavy (non-hydrogen) atoms. The molecule has 2 aromatic rings. The second-order valence-electron chi connectivity index (χ2n) is 6.82. The average Bonchev–Trinajstić information content (AvgIpc) is 3.23. The van der Waals surface area contributed by atoms with Gasteiger partial charge < -0.3 is 9.47 Å². The highest BCUT2D eigenvalue weighted by Gasteiger charge is 2.31. The molecule has 122 valence electrons. The van der Waals surface area contributed by atoms with Crippen LogP contribution >= 0.6 is 0 Å². The van der Waals surface area contributed by atoms with E-state index in [4.69, 9.17) is 9.47 Å². The second-order valence-corrected chi connectivity index (χ2v) is 6.82. The Morgan fingerprint density at radius 1 is 1.39 bits per heavy atom. The lowest BCUT2D eigenvalue weighted by molar-refractivity contribution is -0.0722. The molecule has 2 aliphatic rings. The van der Waals surface area contributed by atoms with Gasteiger partial charge in [0.25, 0.3) is 0 Å². The topological polar surface area (TPSA) is 52.8 Å². The second kappa shape index (κ2) is 5.64. The van der Waals surface area contributed by atoms with Crippen LogP contribution in [0.25, 0.3) is 5.52 Å². The SMILES string of the molecule is CC(C)C(=O)c1cnn2c(C3CC3)c(OCC3CCO3)ccc12. The first-order valence-corrected chi connectivity index (χ1v) is 8.44. The summed E-state index contributed by atoms with van der Waals surface area (Å²) in [7, 11) is 0. The molecule has 4 rings (SSSR count). The molecule has 1 unspecified atom stereocenters. The molecule has 1 saturated heterocycles. The summed E-state index contributed by atoms with van der Waals surface area (Å²) >= 11 is 0. The third kappa shape index (κ3) is 2.63. The molecule has 0 N–H and O–H groups in total. The van der Waals surface area contributed by atoms with Gasteiger partial charge in [0.1, 0.15) is 12.4 Å². The van der Waals surface area contributed by atoms with Crippen LogP contribution in [-0.4, -0.2) is 34.7 Å². The first kappa shape index (κ1) is 14.7. The summed E-state index contributed by atoms with van der Waals surface area (Å²) in [5, 5.41) is 4.49. The molecular formula is C18H22N2O3. The molecule has 1 saturated carbocycles. The van der Waals surface area contributed by atoms with E-state index in [1.165, 1.54) is 0 Å². The maximum atomic E-state index is 12.4. The van der Waals surface area contributed by atoms with Gasteiger partial charge in [-0.1, -0.05) is 13.8 Å².